The van der Waals surface area contributed by atoms with Crippen LogP contribution < -0.4 is 5.69 Å². The van der Waals surface area contributed by atoms with E-state index < -0.39 is 0 Å². The number of aryl methyl sites for hydroxylation is 2. The normalized spacial score (nSPS) is 17.3. The molecule has 3 aromatic heterocycles. The monoisotopic (exact) mass is 472 g/mol. The fourth-order valence-corrected chi connectivity index (χ4v) is 5.24. The van der Waals surface area contributed by atoms with Gasteiger partial charge < -0.3 is 0 Å². The van der Waals surface area contributed by atoms with Crippen LogP contribution in [0.4, 0.5) is 0 Å². The molecule has 0 amide bonds. The zero-order valence-electron chi connectivity index (χ0n) is 21.5. The molecule has 1 unspecified atom stereocenters. The Morgan fingerprint density at radius 2 is 1.97 bits per heavy atom. The van der Waals surface area contributed by atoms with Crippen molar-refractivity contribution >= 4 is 11.2 Å². The maximum Gasteiger partial charge on any atom is 0.330 e. The van der Waals surface area contributed by atoms with Crippen molar-refractivity contribution in [2.75, 3.05) is 13.1 Å². The molecule has 7 heteroatoms. The molecule has 0 bridgehead atoms. The van der Waals surface area contributed by atoms with Crippen molar-refractivity contribution in [2.24, 2.45) is 12.5 Å². The molecular formula is C28H36N6O. The molecule has 1 atom stereocenters. The Hall–Kier alpha value is -3.19. The summed E-state index contributed by atoms with van der Waals surface area (Å²) in [6, 6.07) is 13.2. The lowest BCUT2D eigenvalue weighted by Crippen LogP contribution is -2.36. The van der Waals surface area contributed by atoms with Crippen LogP contribution >= 0.6 is 0 Å². The second-order valence-electron chi connectivity index (χ2n) is 11.2. The molecule has 1 saturated heterocycles. The molecule has 5 rings (SSSR count). The molecule has 7 nitrogen and oxygen atoms in total. The van der Waals surface area contributed by atoms with Crippen molar-refractivity contribution < 1.29 is 0 Å². The van der Waals surface area contributed by atoms with Crippen LogP contribution in [0.5, 0.6) is 0 Å². The fraction of sp³-hybridized carbons (Fsp3) is 0.464. The van der Waals surface area contributed by atoms with Gasteiger partial charge in [-0.05, 0) is 67.1 Å². The Morgan fingerprint density at radius 1 is 1.14 bits per heavy atom. The number of likely N-dealkylation sites (tertiary alicyclic amines) is 1. The third-order valence-electron chi connectivity index (χ3n) is 6.98. The van der Waals surface area contributed by atoms with Crippen LogP contribution in [0.2, 0.25) is 0 Å². The highest BCUT2D eigenvalue weighted by Crippen LogP contribution is 2.28. The first kappa shape index (κ1) is 23.5. The van der Waals surface area contributed by atoms with Crippen LogP contribution in [0.1, 0.15) is 50.8 Å². The van der Waals surface area contributed by atoms with E-state index in [0.717, 1.165) is 42.1 Å². The van der Waals surface area contributed by atoms with Crippen LogP contribution in [-0.2, 0) is 20.1 Å². The zero-order valence-corrected chi connectivity index (χ0v) is 21.5. The number of rotatable bonds is 5. The summed E-state index contributed by atoms with van der Waals surface area (Å²) in [5, 5.41) is 4.46. The molecule has 1 aliphatic heterocycles. The van der Waals surface area contributed by atoms with Gasteiger partial charge in [0.25, 0.3) is 0 Å². The van der Waals surface area contributed by atoms with Gasteiger partial charge in [-0.2, -0.15) is 5.10 Å². The van der Waals surface area contributed by atoms with Gasteiger partial charge in [-0.15, -0.1) is 0 Å². The standard InChI is InChI=1S/C28H36N6O/c1-20-9-10-21(17-32-14-6-8-22(18-32)34-15-7-13-29-34)16-23(20)24-11-12-25-26(30-24)31(5)27(35)33(25)19-28(2,3)4/h7,9-13,15-16,22H,6,8,14,17-19H2,1-5H3. The average molecular weight is 473 g/mol. The van der Waals surface area contributed by atoms with Gasteiger partial charge in [-0.25, -0.2) is 9.78 Å². The maximum atomic E-state index is 12.9. The van der Waals surface area contributed by atoms with Crippen molar-refractivity contribution in [1.82, 2.24) is 28.8 Å². The minimum absolute atomic E-state index is 0.00652. The Balaban J connectivity index is 1.43. The molecule has 4 heterocycles. The molecule has 0 radical (unpaired) electrons. The average Bonchev–Trinajstić information content (AvgIpc) is 3.44. The number of fused-ring (bicyclic) bond motifs is 1. The Labute approximate surface area is 207 Å². The van der Waals surface area contributed by atoms with Crippen molar-refractivity contribution in [2.45, 2.75) is 59.7 Å². The Kier molecular flexibility index (Phi) is 6.13. The van der Waals surface area contributed by atoms with Crippen molar-refractivity contribution in [3.63, 3.8) is 0 Å². The van der Waals surface area contributed by atoms with E-state index in [1.54, 1.807) is 4.57 Å². The van der Waals surface area contributed by atoms with Gasteiger partial charge in [0.2, 0.25) is 0 Å². The number of piperidine rings is 1. The number of nitrogens with zero attached hydrogens (tertiary/aromatic N) is 6. The highest BCUT2D eigenvalue weighted by molar-refractivity contribution is 5.77. The smallest absolute Gasteiger partial charge is 0.297 e. The molecule has 0 aliphatic carbocycles. The van der Waals surface area contributed by atoms with Crippen LogP contribution in [0.25, 0.3) is 22.4 Å². The summed E-state index contributed by atoms with van der Waals surface area (Å²) in [5.74, 6) is 0. The molecule has 1 aromatic carbocycles. The molecule has 1 aliphatic rings. The first-order chi connectivity index (χ1) is 16.7. The molecule has 184 valence electrons. The third-order valence-corrected chi connectivity index (χ3v) is 6.98. The number of hydrogen-bond donors (Lipinski definition) is 0. The second-order valence-corrected chi connectivity index (χ2v) is 11.2. The van der Waals surface area contributed by atoms with Crippen molar-refractivity contribution in [3.8, 4) is 11.3 Å². The third kappa shape index (κ3) is 4.82. The van der Waals surface area contributed by atoms with Crippen molar-refractivity contribution in [1.29, 1.82) is 0 Å². The van der Waals surface area contributed by atoms with E-state index in [4.69, 9.17) is 4.98 Å². The van der Waals surface area contributed by atoms with Gasteiger partial charge in [0.05, 0.1) is 17.3 Å². The summed E-state index contributed by atoms with van der Waals surface area (Å²) in [6.07, 6.45) is 6.29. The topological polar surface area (TPSA) is 60.9 Å². The molecule has 0 N–H and O–H groups in total. The summed E-state index contributed by atoms with van der Waals surface area (Å²) in [5.41, 5.74) is 6.13. The van der Waals surface area contributed by atoms with E-state index in [2.05, 4.69) is 78.9 Å². The van der Waals surface area contributed by atoms with Crippen LogP contribution in [0, 0.1) is 12.3 Å². The lowest BCUT2D eigenvalue weighted by molar-refractivity contribution is 0.163. The van der Waals surface area contributed by atoms with Gasteiger partial charge in [-0.3, -0.25) is 18.7 Å². The highest BCUT2D eigenvalue weighted by atomic mass is 16.1. The summed E-state index contributed by atoms with van der Waals surface area (Å²) >= 11 is 0. The zero-order chi connectivity index (χ0) is 24.7. The summed E-state index contributed by atoms with van der Waals surface area (Å²) in [7, 11) is 1.82. The Morgan fingerprint density at radius 3 is 2.71 bits per heavy atom. The van der Waals surface area contributed by atoms with Gasteiger partial charge in [0.1, 0.15) is 0 Å². The first-order valence-corrected chi connectivity index (χ1v) is 12.6. The fourth-order valence-electron chi connectivity index (χ4n) is 5.24. The predicted octanol–water partition coefficient (Wildman–Crippen LogP) is 4.79. The van der Waals surface area contributed by atoms with Gasteiger partial charge in [0.15, 0.2) is 5.65 Å². The number of benzene rings is 1. The summed E-state index contributed by atoms with van der Waals surface area (Å²) in [4.78, 5) is 20.4. The lowest BCUT2D eigenvalue weighted by atomic mass is 9.97. The minimum atomic E-state index is -0.0121. The summed E-state index contributed by atoms with van der Waals surface area (Å²) < 4.78 is 5.62. The van der Waals surface area contributed by atoms with E-state index in [-0.39, 0.29) is 11.1 Å². The number of imidazole rings is 1. The van der Waals surface area contributed by atoms with Gasteiger partial charge in [-0.1, -0.05) is 32.9 Å². The van der Waals surface area contributed by atoms with Crippen molar-refractivity contribution in [3.05, 3.63) is 70.4 Å². The van der Waals surface area contributed by atoms with Crippen LogP contribution in [0.15, 0.2) is 53.6 Å². The largest absolute Gasteiger partial charge is 0.330 e. The van der Waals surface area contributed by atoms with Gasteiger partial charge in [0, 0.05) is 44.6 Å². The molecule has 4 aromatic rings. The maximum absolute atomic E-state index is 12.9. The molecule has 0 spiro atoms. The number of pyridine rings is 1. The summed E-state index contributed by atoms with van der Waals surface area (Å²) in [6.45, 7) is 12.3. The molecular weight excluding hydrogens is 436 g/mol. The quantitative estimate of drug-likeness (QED) is 0.419. The van der Waals surface area contributed by atoms with E-state index in [9.17, 15) is 4.79 Å². The predicted molar refractivity (Wildman–Crippen MR) is 140 cm³/mol. The number of hydrogen-bond acceptors (Lipinski definition) is 4. The highest BCUT2D eigenvalue weighted by Gasteiger charge is 2.22. The molecule has 0 saturated carbocycles. The van der Waals surface area contributed by atoms with E-state index >= 15 is 0 Å². The van der Waals surface area contributed by atoms with E-state index in [1.165, 1.54) is 24.0 Å². The van der Waals surface area contributed by atoms with Crippen LogP contribution in [0.3, 0.4) is 0 Å². The molecule has 35 heavy (non-hydrogen) atoms. The Bertz CT molecular complexity index is 1390. The van der Waals surface area contributed by atoms with E-state index in [1.807, 2.05) is 23.9 Å². The first-order valence-electron chi connectivity index (χ1n) is 12.6. The molecule has 1 fully saturated rings. The van der Waals surface area contributed by atoms with Crippen LogP contribution in [-0.4, -0.2) is 41.9 Å². The minimum Gasteiger partial charge on any atom is -0.297 e. The second kappa shape index (κ2) is 9.11. The van der Waals surface area contributed by atoms with E-state index in [0.29, 0.717) is 12.6 Å². The lowest BCUT2D eigenvalue weighted by Gasteiger charge is -2.33. The van der Waals surface area contributed by atoms with Gasteiger partial charge >= 0.3 is 5.69 Å². The number of aromatic nitrogens is 5. The SMILES string of the molecule is Cc1ccc(CN2CCCC(n3cccn3)C2)cc1-c1ccc2c(n1)n(C)c(=O)n2CC(C)(C)C.